The van der Waals surface area contributed by atoms with Gasteiger partial charge in [0.1, 0.15) is 17.6 Å². The van der Waals surface area contributed by atoms with Gasteiger partial charge in [-0.1, -0.05) is 13.8 Å². The summed E-state index contributed by atoms with van der Waals surface area (Å²) in [7, 11) is 1.62. The third-order valence-electron chi connectivity index (χ3n) is 5.11. The Labute approximate surface area is 193 Å². The van der Waals surface area contributed by atoms with Crippen molar-refractivity contribution < 1.29 is 23.8 Å². The zero-order chi connectivity index (χ0) is 23.8. The summed E-state index contributed by atoms with van der Waals surface area (Å²) in [5.41, 5.74) is 2.44. The van der Waals surface area contributed by atoms with E-state index in [1.807, 2.05) is 45.0 Å². The van der Waals surface area contributed by atoms with Gasteiger partial charge in [0.2, 0.25) is 0 Å². The van der Waals surface area contributed by atoms with Gasteiger partial charge in [-0.15, -0.1) is 0 Å². The van der Waals surface area contributed by atoms with Gasteiger partial charge in [-0.3, -0.25) is 4.99 Å². The van der Waals surface area contributed by atoms with Crippen LogP contribution in [0.15, 0.2) is 77.8 Å². The molecule has 170 valence electrons. The Bertz CT molecular complexity index is 1100. The highest BCUT2D eigenvalue weighted by molar-refractivity contribution is 5.92. The molecule has 6 heteroatoms. The fraction of sp³-hybridized carbons (Fsp3) is 0.222. The monoisotopic (exact) mass is 445 g/mol. The lowest BCUT2D eigenvalue weighted by Crippen LogP contribution is -2.20. The minimum atomic E-state index is -0.496. The van der Waals surface area contributed by atoms with E-state index in [1.165, 1.54) is 0 Å². The second kappa shape index (κ2) is 11.1. The second-order valence-electron chi connectivity index (χ2n) is 7.85. The Kier molecular flexibility index (Phi) is 7.97. The summed E-state index contributed by atoms with van der Waals surface area (Å²) in [5, 5.41) is 0. The van der Waals surface area contributed by atoms with E-state index in [0.717, 1.165) is 11.3 Å². The van der Waals surface area contributed by atoms with Crippen LogP contribution < -0.4 is 9.47 Å². The van der Waals surface area contributed by atoms with Crippen LogP contribution >= 0.6 is 0 Å². The van der Waals surface area contributed by atoms with Crippen LogP contribution in [-0.2, 0) is 4.74 Å². The number of nitrogens with zero attached hydrogens (tertiary/aromatic N) is 1. The summed E-state index contributed by atoms with van der Waals surface area (Å²) < 4.78 is 15.9. The first-order chi connectivity index (χ1) is 15.9. The van der Waals surface area contributed by atoms with E-state index in [0.29, 0.717) is 22.6 Å². The quantitative estimate of drug-likeness (QED) is 0.246. The van der Waals surface area contributed by atoms with E-state index in [4.69, 9.17) is 14.2 Å². The summed E-state index contributed by atoms with van der Waals surface area (Å²) in [6.45, 7) is 5.83. The van der Waals surface area contributed by atoms with Crippen LogP contribution in [0.2, 0.25) is 0 Å². The fourth-order valence-corrected chi connectivity index (χ4v) is 2.72. The van der Waals surface area contributed by atoms with Crippen molar-refractivity contribution in [1.82, 2.24) is 0 Å². The number of hydrogen-bond acceptors (Lipinski definition) is 6. The first kappa shape index (κ1) is 23.7. The lowest BCUT2D eigenvalue weighted by molar-refractivity contribution is 0.0238. The zero-order valence-corrected chi connectivity index (χ0v) is 19.1. The van der Waals surface area contributed by atoms with Crippen molar-refractivity contribution in [2.24, 2.45) is 10.9 Å². The van der Waals surface area contributed by atoms with E-state index in [9.17, 15) is 9.59 Å². The number of esters is 2. The third-order valence-corrected chi connectivity index (χ3v) is 5.11. The molecule has 0 saturated heterocycles. The van der Waals surface area contributed by atoms with Crippen molar-refractivity contribution >= 4 is 23.8 Å². The predicted molar refractivity (Wildman–Crippen MR) is 128 cm³/mol. The average molecular weight is 446 g/mol. The lowest BCUT2D eigenvalue weighted by Gasteiger charge is -2.16. The maximum absolute atomic E-state index is 12.4. The van der Waals surface area contributed by atoms with Gasteiger partial charge in [0, 0.05) is 6.21 Å². The van der Waals surface area contributed by atoms with E-state index in [1.54, 1.807) is 61.9 Å². The summed E-state index contributed by atoms with van der Waals surface area (Å²) in [6.07, 6.45) is 1.56. The highest BCUT2D eigenvalue weighted by Gasteiger charge is 2.15. The number of benzene rings is 3. The molecule has 1 atom stereocenters. The molecule has 0 amide bonds. The molecule has 0 aliphatic heterocycles. The first-order valence-electron chi connectivity index (χ1n) is 10.7. The average Bonchev–Trinajstić information content (AvgIpc) is 2.83. The Morgan fingerprint density at radius 3 is 1.88 bits per heavy atom. The van der Waals surface area contributed by atoms with Crippen molar-refractivity contribution in [1.29, 1.82) is 0 Å². The van der Waals surface area contributed by atoms with E-state index >= 15 is 0 Å². The van der Waals surface area contributed by atoms with Crippen LogP contribution in [-0.4, -0.2) is 31.4 Å². The van der Waals surface area contributed by atoms with Crippen molar-refractivity contribution in [2.45, 2.75) is 26.9 Å². The van der Waals surface area contributed by atoms with Crippen molar-refractivity contribution in [3.05, 3.63) is 89.5 Å². The molecule has 0 fully saturated rings. The van der Waals surface area contributed by atoms with Gasteiger partial charge in [0.15, 0.2) is 0 Å². The van der Waals surface area contributed by atoms with Gasteiger partial charge in [-0.2, -0.15) is 0 Å². The van der Waals surface area contributed by atoms with Crippen LogP contribution in [0.25, 0.3) is 0 Å². The predicted octanol–water partition coefficient (Wildman–Crippen LogP) is 5.87. The largest absolute Gasteiger partial charge is 0.497 e. The smallest absolute Gasteiger partial charge is 0.343 e. The Morgan fingerprint density at radius 1 is 0.758 bits per heavy atom. The van der Waals surface area contributed by atoms with Gasteiger partial charge in [-0.05, 0) is 91.2 Å². The maximum atomic E-state index is 12.4. The standard InChI is InChI=1S/C27H27NO5/c1-18(2)19(3)32-26(29)22-9-15-25(16-10-22)33-27(30)21-7-11-23(12-8-21)28-17-20-5-13-24(31-4)14-6-20/h5-19H,1-4H3. The number of methoxy groups -OCH3 is 1. The van der Waals surface area contributed by atoms with E-state index < -0.39 is 11.9 Å². The molecule has 0 aliphatic carbocycles. The summed E-state index contributed by atoms with van der Waals surface area (Å²) in [6, 6.07) is 20.6. The fourth-order valence-electron chi connectivity index (χ4n) is 2.72. The van der Waals surface area contributed by atoms with Crippen molar-refractivity contribution in [2.75, 3.05) is 7.11 Å². The van der Waals surface area contributed by atoms with Crippen LogP contribution in [0.5, 0.6) is 11.5 Å². The SMILES string of the molecule is COc1ccc(C=Nc2ccc(C(=O)Oc3ccc(C(=O)OC(C)C(C)C)cc3)cc2)cc1. The van der Waals surface area contributed by atoms with Gasteiger partial charge >= 0.3 is 11.9 Å². The molecule has 3 aromatic rings. The summed E-state index contributed by atoms with van der Waals surface area (Å²) in [4.78, 5) is 29.0. The number of ether oxygens (including phenoxy) is 3. The molecule has 0 aliphatic rings. The van der Waals surface area contributed by atoms with E-state index in [-0.39, 0.29) is 12.0 Å². The molecular formula is C27H27NO5. The molecule has 0 N–H and O–H groups in total. The Morgan fingerprint density at radius 2 is 1.30 bits per heavy atom. The molecule has 0 aromatic heterocycles. The highest BCUT2D eigenvalue weighted by atomic mass is 16.5. The zero-order valence-electron chi connectivity index (χ0n) is 19.1. The molecule has 0 heterocycles. The van der Waals surface area contributed by atoms with Gasteiger partial charge in [-0.25, -0.2) is 9.59 Å². The van der Waals surface area contributed by atoms with Gasteiger partial charge < -0.3 is 14.2 Å². The Balaban J connectivity index is 1.57. The molecule has 0 saturated carbocycles. The minimum absolute atomic E-state index is 0.182. The van der Waals surface area contributed by atoms with E-state index in [2.05, 4.69) is 4.99 Å². The summed E-state index contributed by atoms with van der Waals surface area (Å²) in [5.74, 6) is 0.457. The highest BCUT2D eigenvalue weighted by Crippen LogP contribution is 2.19. The molecular weight excluding hydrogens is 418 g/mol. The lowest BCUT2D eigenvalue weighted by atomic mass is 10.1. The molecule has 6 nitrogen and oxygen atoms in total. The minimum Gasteiger partial charge on any atom is -0.497 e. The molecule has 0 bridgehead atoms. The molecule has 33 heavy (non-hydrogen) atoms. The second-order valence-corrected chi connectivity index (χ2v) is 7.85. The van der Waals surface area contributed by atoms with Crippen LogP contribution in [0.3, 0.4) is 0 Å². The molecule has 3 aromatic carbocycles. The third kappa shape index (κ3) is 6.77. The number of carbonyl (C=O) groups is 2. The van der Waals surface area contributed by atoms with Crippen molar-refractivity contribution in [3.63, 3.8) is 0 Å². The van der Waals surface area contributed by atoms with Gasteiger partial charge in [0.25, 0.3) is 0 Å². The number of hydrogen-bond donors (Lipinski definition) is 0. The van der Waals surface area contributed by atoms with Crippen LogP contribution in [0.1, 0.15) is 47.1 Å². The molecule has 1 unspecified atom stereocenters. The summed E-state index contributed by atoms with van der Waals surface area (Å²) >= 11 is 0. The van der Waals surface area contributed by atoms with Gasteiger partial charge in [0.05, 0.1) is 23.9 Å². The molecule has 0 spiro atoms. The normalized spacial score (nSPS) is 11.9. The maximum Gasteiger partial charge on any atom is 0.343 e. The number of rotatable bonds is 8. The first-order valence-corrected chi connectivity index (χ1v) is 10.7. The Hall–Kier alpha value is -3.93. The van der Waals surface area contributed by atoms with Crippen LogP contribution in [0, 0.1) is 5.92 Å². The number of aliphatic imine (C=N–C) groups is 1. The topological polar surface area (TPSA) is 74.2 Å². The number of carbonyl (C=O) groups excluding carboxylic acids is 2. The van der Waals surface area contributed by atoms with Crippen LogP contribution in [0.4, 0.5) is 5.69 Å². The molecule has 3 rings (SSSR count). The molecule has 0 radical (unpaired) electrons. The van der Waals surface area contributed by atoms with Crippen molar-refractivity contribution in [3.8, 4) is 11.5 Å².